The summed E-state index contributed by atoms with van der Waals surface area (Å²) < 4.78 is -0.216. The van der Waals surface area contributed by atoms with Crippen LogP contribution in [0.4, 0.5) is 0 Å². The Bertz CT molecular complexity index is 350. The molecule has 0 atom stereocenters. The fraction of sp³-hybridized carbons (Fsp3) is 0.500. The average Bonchev–Trinajstić information content (AvgIpc) is 2.32. The van der Waals surface area contributed by atoms with E-state index < -0.39 is 0 Å². The van der Waals surface area contributed by atoms with Crippen molar-refractivity contribution >= 4 is 11.8 Å². The standard InChI is InChI=1S/C12H14N2S/c13-10-12(7-3-1-4-8-12)15-11-6-2-5-9-14-11/h2,5-6,9H,1,3-4,7-8H2. The van der Waals surface area contributed by atoms with Gasteiger partial charge in [0.1, 0.15) is 4.75 Å². The van der Waals surface area contributed by atoms with Gasteiger partial charge in [0, 0.05) is 6.20 Å². The molecule has 1 aliphatic rings. The molecule has 0 N–H and O–H groups in total. The minimum atomic E-state index is -0.216. The molecule has 1 aliphatic carbocycles. The van der Waals surface area contributed by atoms with Gasteiger partial charge in [0.25, 0.3) is 0 Å². The van der Waals surface area contributed by atoms with Crippen LogP contribution in [0.15, 0.2) is 29.4 Å². The van der Waals surface area contributed by atoms with Crippen molar-refractivity contribution in [2.45, 2.75) is 41.9 Å². The first kappa shape index (κ1) is 10.5. The minimum Gasteiger partial charge on any atom is -0.250 e. The van der Waals surface area contributed by atoms with Gasteiger partial charge in [0.05, 0.1) is 11.1 Å². The Morgan fingerprint density at radius 3 is 2.67 bits per heavy atom. The lowest BCUT2D eigenvalue weighted by Crippen LogP contribution is -2.25. The number of rotatable bonds is 2. The van der Waals surface area contributed by atoms with Gasteiger partial charge in [-0.3, -0.25) is 0 Å². The van der Waals surface area contributed by atoms with E-state index in [-0.39, 0.29) is 4.75 Å². The van der Waals surface area contributed by atoms with E-state index >= 15 is 0 Å². The van der Waals surface area contributed by atoms with Gasteiger partial charge in [-0.1, -0.05) is 37.1 Å². The number of nitrogens with zero attached hydrogens (tertiary/aromatic N) is 2. The number of aromatic nitrogens is 1. The smallest absolute Gasteiger partial charge is 0.108 e. The summed E-state index contributed by atoms with van der Waals surface area (Å²) in [4.78, 5) is 4.28. The molecule has 0 radical (unpaired) electrons. The van der Waals surface area contributed by atoms with E-state index in [1.54, 1.807) is 18.0 Å². The highest BCUT2D eigenvalue weighted by molar-refractivity contribution is 8.00. The van der Waals surface area contributed by atoms with Gasteiger partial charge >= 0.3 is 0 Å². The van der Waals surface area contributed by atoms with Gasteiger partial charge in [0.2, 0.25) is 0 Å². The van der Waals surface area contributed by atoms with Gasteiger partial charge in [-0.2, -0.15) is 5.26 Å². The van der Waals surface area contributed by atoms with Crippen LogP contribution in [0.2, 0.25) is 0 Å². The van der Waals surface area contributed by atoms with Crippen LogP contribution in [-0.4, -0.2) is 9.73 Å². The minimum absolute atomic E-state index is 0.216. The molecule has 0 spiro atoms. The molecular weight excluding hydrogens is 204 g/mol. The zero-order valence-corrected chi connectivity index (χ0v) is 9.46. The van der Waals surface area contributed by atoms with Crippen molar-refractivity contribution in [3.8, 4) is 6.07 Å². The number of hydrogen-bond donors (Lipinski definition) is 0. The molecule has 0 unspecified atom stereocenters. The molecule has 0 aliphatic heterocycles. The Kier molecular flexibility index (Phi) is 3.27. The Hall–Kier alpha value is -1.01. The van der Waals surface area contributed by atoms with E-state index in [1.807, 2.05) is 18.2 Å². The molecule has 0 saturated heterocycles. The van der Waals surface area contributed by atoms with Gasteiger partial charge in [-0.05, 0) is 25.0 Å². The second-order valence-electron chi connectivity index (χ2n) is 3.94. The van der Waals surface area contributed by atoms with Crippen molar-refractivity contribution in [2.24, 2.45) is 0 Å². The maximum Gasteiger partial charge on any atom is 0.108 e. The summed E-state index contributed by atoms with van der Waals surface area (Å²) in [5, 5.41) is 10.3. The van der Waals surface area contributed by atoms with Crippen molar-refractivity contribution in [3.05, 3.63) is 24.4 Å². The molecule has 1 aromatic heterocycles. The molecule has 15 heavy (non-hydrogen) atoms. The van der Waals surface area contributed by atoms with E-state index in [4.69, 9.17) is 0 Å². The van der Waals surface area contributed by atoms with E-state index in [0.717, 1.165) is 17.9 Å². The molecule has 0 aromatic carbocycles. The highest BCUT2D eigenvalue weighted by atomic mass is 32.2. The third kappa shape index (κ3) is 2.51. The predicted octanol–water partition coefficient (Wildman–Crippen LogP) is 3.40. The Balaban J connectivity index is 2.12. The van der Waals surface area contributed by atoms with Gasteiger partial charge in [0.15, 0.2) is 0 Å². The lowest BCUT2D eigenvalue weighted by atomic mass is 9.89. The fourth-order valence-corrected chi connectivity index (χ4v) is 3.17. The van der Waals surface area contributed by atoms with E-state index in [1.165, 1.54) is 19.3 Å². The number of pyridine rings is 1. The van der Waals surface area contributed by atoms with Crippen molar-refractivity contribution in [2.75, 3.05) is 0 Å². The van der Waals surface area contributed by atoms with Crippen molar-refractivity contribution in [1.82, 2.24) is 4.98 Å². The number of nitriles is 1. The SMILES string of the molecule is N#CC1(Sc2ccccn2)CCCCC1. The van der Waals surface area contributed by atoms with Crippen LogP contribution in [0.5, 0.6) is 0 Å². The van der Waals surface area contributed by atoms with Crippen LogP contribution in [0.25, 0.3) is 0 Å². The largest absolute Gasteiger partial charge is 0.250 e. The Morgan fingerprint density at radius 2 is 2.07 bits per heavy atom. The van der Waals surface area contributed by atoms with Gasteiger partial charge in [-0.25, -0.2) is 4.98 Å². The first-order valence-electron chi connectivity index (χ1n) is 5.36. The molecule has 78 valence electrons. The summed E-state index contributed by atoms with van der Waals surface area (Å²) in [6, 6.07) is 8.36. The van der Waals surface area contributed by atoms with Crippen molar-refractivity contribution in [3.63, 3.8) is 0 Å². The van der Waals surface area contributed by atoms with E-state index in [2.05, 4.69) is 11.1 Å². The average molecular weight is 218 g/mol. The monoisotopic (exact) mass is 218 g/mol. The van der Waals surface area contributed by atoms with Crippen LogP contribution >= 0.6 is 11.8 Å². The van der Waals surface area contributed by atoms with Gasteiger partial charge < -0.3 is 0 Å². The summed E-state index contributed by atoms with van der Waals surface area (Å²) in [5.74, 6) is 0. The van der Waals surface area contributed by atoms with Crippen molar-refractivity contribution in [1.29, 1.82) is 5.26 Å². The summed E-state index contributed by atoms with van der Waals surface area (Å²) in [6.45, 7) is 0. The highest BCUT2D eigenvalue weighted by Crippen LogP contribution is 2.42. The molecule has 3 heteroatoms. The molecular formula is C12H14N2S. The molecule has 1 saturated carbocycles. The summed E-state index contributed by atoms with van der Waals surface area (Å²) in [6.07, 6.45) is 7.42. The first-order chi connectivity index (χ1) is 7.35. The fourth-order valence-electron chi connectivity index (χ4n) is 1.97. The topological polar surface area (TPSA) is 36.7 Å². The molecule has 1 aromatic rings. The van der Waals surface area contributed by atoms with E-state index in [9.17, 15) is 5.26 Å². The molecule has 0 amide bonds. The van der Waals surface area contributed by atoms with Crippen LogP contribution in [-0.2, 0) is 0 Å². The molecule has 2 nitrogen and oxygen atoms in total. The maximum absolute atomic E-state index is 9.30. The van der Waals surface area contributed by atoms with Crippen LogP contribution < -0.4 is 0 Å². The Labute approximate surface area is 94.7 Å². The highest BCUT2D eigenvalue weighted by Gasteiger charge is 2.33. The lowest BCUT2D eigenvalue weighted by Gasteiger charge is -2.29. The normalized spacial score (nSPS) is 19.4. The first-order valence-corrected chi connectivity index (χ1v) is 6.18. The molecule has 1 fully saturated rings. The Morgan fingerprint density at radius 1 is 1.27 bits per heavy atom. The van der Waals surface area contributed by atoms with Gasteiger partial charge in [-0.15, -0.1) is 0 Å². The molecule has 2 rings (SSSR count). The quantitative estimate of drug-likeness (QED) is 0.763. The number of hydrogen-bond acceptors (Lipinski definition) is 3. The van der Waals surface area contributed by atoms with E-state index in [0.29, 0.717) is 0 Å². The third-order valence-electron chi connectivity index (χ3n) is 2.80. The van der Waals surface area contributed by atoms with Crippen LogP contribution in [0.3, 0.4) is 0 Å². The second-order valence-corrected chi connectivity index (χ2v) is 5.34. The van der Waals surface area contributed by atoms with Crippen LogP contribution in [0, 0.1) is 11.3 Å². The lowest BCUT2D eigenvalue weighted by molar-refractivity contribution is 0.459. The summed E-state index contributed by atoms with van der Waals surface area (Å²) in [7, 11) is 0. The van der Waals surface area contributed by atoms with Crippen molar-refractivity contribution < 1.29 is 0 Å². The van der Waals surface area contributed by atoms with Crippen LogP contribution in [0.1, 0.15) is 32.1 Å². The molecule has 1 heterocycles. The second kappa shape index (κ2) is 4.67. The maximum atomic E-state index is 9.30. The predicted molar refractivity (Wildman–Crippen MR) is 61.5 cm³/mol. The summed E-state index contributed by atoms with van der Waals surface area (Å²) in [5.41, 5.74) is 0. The number of thioether (sulfide) groups is 1. The molecule has 0 bridgehead atoms. The third-order valence-corrected chi connectivity index (χ3v) is 4.14. The summed E-state index contributed by atoms with van der Waals surface area (Å²) >= 11 is 1.64. The zero-order valence-electron chi connectivity index (χ0n) is 8.65. The zero-order chi connectivity index (χ0) is 10.6.